The van der Waals surface area contributed by atoms with E-state index in [4.69, 9.17) is 27.9 Å². The van der Waals surface area contributed by atoms with Crippen molar-refractivity contribution in [3.63, 3.8) is 0 Å². The van der Waals surface area contributed by atoms with Gasteiger partial charge in [0.05, 0.1) is 15.6 Å². The molecule has 5 heteroatoms. The molecule has 0 spiro atoms. The van der Waals surface area contributed by atoms with Crippen LogP contribution in [-0.4, -0.2) is 0 Å². The van der Waals surface area contributed by atoms with Gasteiger partial charge in [-0.25, -0.2) is 0 Å². The van der Waals surface area contributed by atoms with Gasteiger partial charge in [-0.05, 0) is 60.2 Å². The second-order valence-corrected chi connectivity index (χ2v) is 7.68. The summed E-state index contributed by atoms with van der Waals surface area (Å²) >= 11 is 12.9. The molecule has 0 saturated carbocycles. The fourth-order valence-electron chi connectivity index (χ4n) is 3.11. The number of alkyl halides is 2. The lowest BCUT2D eigenvalue weighted by Gasteiger charge is -2.19. The largest absolute Gasteiger partial charge is 0.429 e. The van der Waals surface area contributed by atoms with Gasteiger partial charge in [0.25, 0.3) is 0 Å². The van der Waals surface area contributed by atoms with E-state index in [1.54, 1.807) is 24.3 Å². The SMILES string of the molecule is C=CCCc1ccc(-c2ccc(OC(F)(F)c3ccc(CC)cc3)cc2)c(Cl)c1Cl. The predicted molar refractivity (Wildman–Crippen MR) is 121 cm³/mol. The molecule has 0 saturated heterocycles. The van der Waals surface area contributed by atoms with Gasteiger partial charge in [0.2, 0.25) is 0 Å². The van der Waals surface area contributed by atoms with E-state index in [0.29, 0.717) is 10.0 Å². The maximum Gasteiger partial charge on any atom is 0.426 e. The lowest BCUT2D eigenvalue weighted by atomic mass is 10.0. The molecule has 0 amide bonds. The van der Waals surface area contributed by atoms with E-state index in [-0.39, 0.29) is 11.3 Å². The highest BCUT2D eigenvalue weighted by Gasteiger charge is 2.34. The molecule has 3 aromatic carbocycles. The number of aryl methyl sites for hydroxylation is 2. The van der Waals surface area contributed by atoms with Gasteiger partial charge >= 0.3 is 6.11 Å². The van der Waals surface area contributed by atoms with E-state index in [1.165, 1.54) is 24.3 Å². The van der Waals surface area contributed by atoms with E-state index in [1.807, 2.05) is 25.1 Å². The molecule has 0 bridgehead atoms. The summed E-state index contributed by atoms with van der Waals surface area (Å²) in [6, 6.07) is 16.3. The first-order chi connectivity index (χ1) is 14.4. The normalized spacial score (nSPS) is 11.4. The molecule has 3 aromatic rings. The monoisotopic (exact) mass is 446 g/mol. The van der Waals surface area contributed by atoms with Crippen LogP contribution in [0.25, 0.3) is 11.1 Å². The zero-order valence-corrected chi connectivity index (χ0v) is 18.1. The van der Waals surface area contributed by atoms with Crippen molar-refractivity contribution in [3.05, 3.63) is 100 Å². The number of rotatable bonds is 8. The first-order valence-corrected chi connectivity index (χ1v) is 10.5. The average Bonchev–Trinajstić information content (AvgIpc) is 2.75. The van der Waals surface area contributed by atoms with E-state index >= 15 is 0 Å². The third-order valence-electron chi connectivity index (χ3n) is 4.89. The van der Waals surface area contributed by atoms with E-state index in [0.717, 1.165) is 41.5 Å². The van der Waals surface area contributed by atoms with Crippen molar-refractivity contribution < 1.29 is 13.5 Å². The van der Waals surface area contributed by atoms with Gasteiger partial charge in [0.1, 0.15) is 5.75 Å². The molecule has 30 heavy (non-hydrogen) atoms. The van der Waals surface area contributed by atoms with Crippen LogP contribution in [0.1, 0.15) is 30.0 Å². The highest BCUT2D eigenvalue weighted by atomic mass is 35.5. The molecule has 0 aromatic heterocycles. The summed E-state index contributed by atoms with van der Waals surface area (Å²) in [6.07, 6.45) is 0.739. The van der Waals surface area contributed by atoms with Crippen LogP contribution >= 0.6 is 23.2 Å². The van der Waals surface area contributed by atoms with Crippen molar-refractivity contribution in [3.8, 4) is 16.9 Å². The Labute approximate surface area is 185 Å². The Hall–Kier alpha value is -2.36. The summed E-state index contributed by atoms with van der Waals surface area (Å²) in [4.78, 5) is 0. The molecule has 0 fully saturated rings. The van der Waals surface area contributed by atoms with Gasteiger partial charge in [-0.15, -0.1) is 6.58 Å². The van der Waals surface area contributed by atoms with Crippen LogP contribution in [0.3, 0.4) is 0 Å². The zero-order valence-electron chi connectivity index (χ0n) is 16.6. The van der Waals surface area contributed by atoms with Crippen molar-refractivity contribution in [2.24, 2.45) is 0 Å². The highest BCUT2D eigenvalue weighted by molar-refractivity contribution is 6.44. The van der Waals surface area contributed by atoms with Crippen LogP contribution in [0.2, 0.25) is 10.0 Å². The van der Waals surface area contributed by atoms with Crippen LogP contribution in [0.15, 0.2) is 73.3 Å². The Morgan fingerprint density at radius 2 is 1.60 bits per heavy atom. The predicted octanol–water partition coefficient (Wildman–Crippen LogP) is 8.47. The molecule has 0 unspecified atom stereocenters. The molecule has 0 atom stereocenters. The molecule has 0 aliphatic carbocycles. The Balaban J connectivity index is 1.79. The third-order valence-corrected chi connectivity index (χ3v) is 5.81. The molecule has 0 radical (unpaired) electrons. The first-order valence-electron chi connectivity index (χ1n) is 9.70. The molecular formula is C25H22Cl2F2O. The molecule has 1 nitrogen and oxygen atoms in total. The van der Waals surface area contributed by atoms with Crippen molar-refractivity contribution in [2.75, 3.05) is 0 Å². The molecule has 0 aliphatic heterocycles. The van der Waals surface area contributed by atoms with Crippen molar-refractivity contribution >= 4 is 23.2 Å². The summed E-state index contributed by atoms with van der Waals surface area (Å²) < 4.78 is 34.0. The highest BCUT2D eigenvalue weighted by Crippen LogP contribution is 2.38. The Morgan fingerprint density at radius 1 is 0.933 bits per heavy atom. The maximum atomic E-state index is 14.5. The molecule has 0 aliphatic rings. The number of hydrogen-bond acceptors (Lipinski definition) is 1. The van der Waals surface area contributed by atoms with Crippen LogP contribution in [0.4, 0.5) is 8.78 Å². The van der Waals surface area contributed by atoms with Crippen LogP contribution in [0.5, 0.6) is 5.75 Å². The minimum atomic E-state index is -3.43. The molecular weight excluding hydrogens is 425 g/mol. The maximum absolute atomic E-state index is 14.5. The van der Waals surface area contributed by atoms with E-state index in [9.17, 15) is 8.78 Å². The van der Waals surface area contributed by atoms with Crippen molar-refractivity contribution in [1.29, 1.82) is 0 Å². The summed E-state index contributed by atoms with van der Waals surface area (Å²) in [7, 11) is 0. The topological polar surface area (TPSA) is 9.23 Å². The number of benzene rings is 3. The molecule has 0 N–H and O–H groups in total. The Bertz CT molecular complexity index is 1010. The molecule has 156 valence electrons. The van der Waals surface area contributed by atoms with Crippen molar-refractivity contribution in [2.45, 2.75) is 32.3 Å². The van der Waals surface area contributed by atoms with Gasteiger partial charge in [0, 0.05) is 5.56 Å². The van der Waals surface area contributed by atoms with Crippen LogP contribution in [0, 0.1) is 0 Å². The minimum Gasteiger partial charge on any atom is -0.429 e. The van der Waals surface area contributed by atoms with Crippen LogP contribution < -0.4 is 4.74 Å². The van der Waals surface area contributed by atoms with E-state index < -0.39 is 6.11 Å². The summed E-state index contributed by atoms with van der Waals surface area (Å²) in [6.45, 7) is 5.68. The summed E-state index contributed by atoms with van der Waals surface area (Å²) in [5, 5.41) is 0.937. The van der Waals surface area contributed by atoms with Crippen LogP contribution in [-0.2, 0) is 19.0 Å². The number of allylic oxidation sites excluding steroid dienone is 1. The number of halogens is 4. The fraction of sp³-hybridized carbons (Fsp3) is 0.200. The van der Waals surface area contributed by atoms with Gasteiger partial charge in [-0.2, -0.15) is 8.78 Å². The fourth-order valence-corrected chi connectivity index (χ4v) is 3.66. The minimum absolute atomic E-state index is 0.0631. The van der Waals surface area contributed by atoms with E-state index in [2.05, 4.69) is 6.58 Å². The molecule has 3 rings (SSSR count). The lowest BCUT2D eigenvalue weighted by Crippen LogP contribution is -2.21. The number of hydrogen-bond donors (Lipinski definition) is 0. The average molecular weight is 447 g/mol. The second kappa shape index (κ2) is 9.63. The Morgan fingerprint density at radius 3 is 2.20 bits per heavy atom. The third kappa shape index (κ3) is 5.03. The van der Waals surface area contributed by atoms with Gasteiger partial charge in [0.15, 0.2) is 0 Å². The molecule has 0 heterocycles. The van der Waals surface area contributed by atoms with Gasteiger partial charge in [-0.1, -0.05) is 72.6 Å². The van der Waals surface area contributed by atoms with Gasteiger partial charge < -0.3 is 4.74 Å². The lowest BCUT2D eigenvalue weighted by molar-refractivity contribution is -0.185. The Kier molecular flexibility index (Phi) is 7.17. The van der Waals surface area contributed by atoms with Gasteiger partial charge in [-0.3, -0.25) is 0 Å². The smallest absolute Gasteiger partial charge is 0.426 e. The second-order valence-electron chi connectivity index (χ2n) is 6.92. The number of ether oxygens (including phenoxy) is 1. The van der Waals surface area contributed by atoms with Crippen molar-refractivity contribution in [1.82, 2.24) is 0 Å². The zero-order chi connectivity index (χ0) is 21.7. The standard InChI is InChI=1S/C25H22Cl2F2O/c1-3-5-6-19-11-16-22(24(27)23(19)26)18-9-14-21(15-10-18)30-25(28,29)20-12-7-17(4-2)8-13-20/h3,7-16H,1,4-6H2,2H3. The summed E-state index contributed by atoms with van der Waals surface area (Å²) in [5.74, 6) is 0.0631. The first kappa shape index (κ1) is 22.3. The summed E-state index contributed by atoms with van der Waals surface area (Å²) in [5.41, 5.74) is 3.25. The quantitative estimate of drug-likeness (QED) is 0.315.